The molecule has 9 heteroatoms. The van der Waals surface area contributed by atoms with Crippen LogP contribution in [0.25, 0.3) is 11.3 Å². The van der Waals surface area contributed by atoms with Gasteiger partial charge in [-0.3, -0.25) is 0 Å². The molecular weight excluding hydrogens is 442 g/mol. The molecule has 0 saturated carbocycles. The predicted octanol–water partition coefficient (Wildman–Crippen LogP) is 4.93. The van der Waals surface area contributed by atoms with Crippen LogP contribution in [0.15, 0.2) is 52.7 Å². The highest BCUT2D eigenvalue weighted by Gasteiger charge is 2.34. The summed E-state index contributed by atoms with van der Waals surface area (Å²) in [6, 6.07) is 10.3. The van der Waals surface area contributed by atoms with Crippen molar-refractivity contribution >= 4 is 26.3 Å². The van der Waals surface area contributed by atoms with Gasteiger partial charge in [0.2, 0.25) is 0 Å². The van der Waals surface area contributed by atoms with E-state index in [0.717, 1.165) is 34.3 Å². The lowest BCUT2D eigenvalue weighted by molar-refractivity contribution is 0.340. The van der Waals surface area contributed by atoms with E-state index in [1.165, 1.54) is 11.3 Å². The third-order valence-electron chi connectivity index (χ3n) is 5.30. The number of ether oxygens (including phenoxy) is 1. The van der Waals surface area contributed by atoms with Crippen LogP contribution in [0.4, 0.5) is 13.9 Å². The standard InChI is InChI=1S/C22H22F2N2O3S2/c1-2-29-17-6-3-15(4-7-17)20-14-30-22(25-20)26-11-9-18(10-12-26)31(27,28)21-8-5-16(23)13-19(21)24/h3-8,13-14,18H,2,9-12H2,1H3. The predicted molar refractivity (Wildman–Crippen MR) is 117 cm³/mol. The van der Waals surface area contributed by atoms with Crippen molar-refractivity contribution in [2.45, 2.75) is 29.9 Å². The number of nitrogens with zero attached hydrogens (tertiary/aromatic N) is 2. The highest BCUT2D eigenvalue weighted by atomic mass is 32.2. The molecule has 2 aromatic carbocycles. The molecule has 0 aliphatic carbocycles. The van der Waals surface area contributed by atoms with E-state index >= 15 is 0 Å². The van der Waals surface area contributed by atoms with Crippen LogP contribution < -0.4 is 9.64 Å². The van der Waals surface area contributed by atoms with Gasteiger partial charge in [-0.05, 0) is 56.2 Å². The van der Waals surface area contributed by atoms with Gasteiger partial charge in [-0.25, -0.2) is 22.2 Å². The molecule has 1 saturated heterocycles. The first kappa shape index (κ1) is 21.7. The molecule has 1 aliphatic heterocycles. The van der Waals surface area contributed by atoms with Gasteiger partial charge < -0.3 is 9.64 Å². The molecule has 1 fully saturated rings. The molecule has 31 heavy (non-hydrogen) atoms. The zero-order valence-electron chi connectivity index (χ0n) is 16.9. The van der Waals surface area contributed by atoms with Gasteiger partial charge in [0.15, 0.2) is 15.0 Å². The second kappa shape index (κ2) is 8.92. The van der Waals surface area contributed by atoms with Crippen molar-refractivity contribution in [1.82, 2.24) is 4.98 Å². The molecule has 2 heterocycles. The van der Waals surface area contributed by atoms with Crippen LogP contribution in [0.5, 0.6) is 5.75 Å². The topological polar surface area (TPSA) is 59.5 Å². The summed E-state index contributed by atoms with van der Waals surface area (Å²) in [5.41, 5.74) is 1.83. The lowest BCUT2D eigenvalue weighted by Crippen LogP contribution is -2.39. The fourth-order valence-electron chi connectivity index (χ4n) is 3.67. The second-order valence-corrected chi connectivity index (χ2v) is 10.3. The Morgan fingerprint density at radius 1 is 1.13 bits per heavy atom. The summed E-state index contributed by atoms with van der Waals surface area (Å²) in [5.74, 6) is -1.02. The number of anilines is 1. The van der Waals surface area contributed by atoms with Gasteiger partial charge in [0.1, 0.15) is 22.3 Å². The molecular formula is C22H22F2N2O3S2. The summed E-state index contributed by atoms with van der Waals surface area (Å²) in [4.78, 5) is 6.32. The number of sulfone groups is 1. The molecule has 0 N–H and O–H groups in total. The number of benzene rings is 2. The first-order valence-electron chi connectivity index (χ1n) is 10.0. The third-order valence-corrected chi connectivity index (χ3v) is 8.50. The molecule has 0 bridgehead atoms. The van der Waals surface area contributed by atoms with E-state index in [-0.39, 0.29) is 0 Å². The van der Waals surface area contributed by atoms with E-state index < -0.39 is 31.6 Å². The summed E-state index contributed by atoms with van der Waals surface area (Å²) >= 11 is 1.51. The molecule has 164 valence electrons. The molecule has 0 atom stereocenters. The molecule has 0 unspecified atom stereocenters. The summed E-state index contributed by atoms with van der Waals surface area (Å²) in [5, 5.41) is 2.10. The van der Waals surface area contributed by atoms with Crippen LogP contribution >= 0.6 is 11.3 Å². The number of hydrogen-bond acceptors (Lipinski definition) is 6. The Bertz CT molecular complexity index is 1160. The lowest BCUT2D eigenvalue weighted by atomic mass is 10.1. The van der Waals surface area contributed by atoms with Crippen LogP contribution in [-0.4, -0.2) is 38.3 Å². The molecule has 0 radical (unpaired) electrons. The van der Waals surface area contributed by atoms with Crippen molar-refractivity contribution in [2.75, 3.05) is 24.6 Å². The Kier molecular flexibility index (Phi) is 6.24. The Balaban J connectivity index is 1.43. The van der Waals surface area contributed by atoms with E-state index in [1.807, 2.05) is 36.6 Å². The quantitative estimate of drug-likeness (QED) is 0.484. The minimum atomic E-state index is -3.86. The number of thiazole rings is 1. The molecule has 0 spiro atoms. The minimum Gasteiger partial charge on any atom is -0.494 e. The van der Waals surface area contributed by atoms with Crippen LogP contribution in [0.2, 0.25) is 0 Å². The van der Waals surface area contributed by atoms with E-state index in [0.29, 0.717) is 38.6 Å². The molecule has 3 aromatic rings. The summed E-state index contributed by atoms with van der Waals surface area (Å²) < 4.78 is 58.3. The van der Waals surface area contributed by atoms with Gasteiger partial charge in [0, 0.05) is 30.1 Å². The number of piperidine rings is 1. The maximum atomic E-state index is 14.0. The van der Waals surface area contributed by atoms with Crippen molar-refractivity contribution in [1.29, 1.82) is 0 Å². The van der Waals surface area contributed by atoms with Crippen molar-refractivity contribution in [3.63, 3.8) is 0 Å². The Morgan fingerprint density at radius 2 is 1.84 bits per heavy atom. The molecule has 1 aromatic heterocycles. The molecule has 5 nitrogen and oxygen atoms in total. The van der Waals surface area contributed by atoms with Gasteiger partial charge >= 0.3 is 0 Å². The van der Waals surface area contributed by atoms with E-state index in [1.54, 1.807) is 0 Å². The fraction of sp³-hybridized carbons (Fsp3) is 0.318. The minimum absolute atomic E-state index is 0.358. The number of aromatic nitrogens is 1. The van der Waals surface area contributed by atoms with Gasteiger partial charge in [0.05, 0.1) is 17.6 Å². The van der Waals surface area contributed by atoms with Crippen molar-refractivity contribution in [3.05, 3.63) is 59.5 Å². The van der Waals surface area contributed by atoms with Gasteiger partial charge in [0.25, 0.3) is 0 Å². The summed E-state index contributed by atoms with van der Waals surface area (Å²) in [7, 11) is -3.86. The van der Waals surface area contributed by atoms with Gasteiger partial charge in [-0.15, -0.1) is 11.3 Å². The SMILES string of the molecule is CCOc1ccc(-c2csc(N3CCC(S(=O)(=O)c4ccc(F)cc4F)CC3)n2)cc1. The summed E-state index contributed by atoms with van der Waals surface area (Å²) in [6.45, 7) is 3.55. The average Bonchev–Trinajstić information content (AvgIpc) is 3.25. The van der Waals surface area contributed by atoms with Crippen molar-refractivity contribution < 1.29 is 21.9 Å². The Labute approximate surface area is 184 Å². The van der Waals surface area contributed by atoms with Crippen LogP contribution in [-0.2, 0) is 9.84 Å². The largest absolute Gasteiger partial charge is 0.494 e. The first-order chi connectivity index (χ1) is 14.9. The number of rotatable bonds is 6. The van der Waals surface area contributed by atoms with E-state index in [9.17, 15) is 17.2 Å². The van der Waals surface area contributed by atoms with Crippen LogP contribution in [0, 0.1) is 11.6 Å². The first-order valence-corrected chi connectivity index (χ1v) is 12.4. The zero-order valence-corrected chi connectivity index (χ0v) is 18.6. The highest BCUT2D eigenvalue weighted by Crippen LogP contribution is 2.32. The Morgan fingerprint density at radius 3 is 2.48 bits per heavy atom. The highest BCUT2D eigenvalue weighted by molar-refractivity contribution is 7.92. The summed E-state index contributed by atoms with van der Waals surface area (Å²) in [6.07, 6.45) is 0.717. The van der Waals surface area contributed by atoms with Gasteiger partial charge in [-0.1, -0.05) is 0 Å². The molecule has 0 amide bonds. The normalized spacial score (nSPS) is 15.3. The maximum absolute atomic E-state index is 14.0. The number of halogens is 2. The second-order valence-electron chi connectivity index (χ2n) is 7.28. The lowest BCUT2D eigenvalue weighted by Gasteiger charge is -2.31. The molecule has 1 aliphatic rings. The van der Waals surface area contributed by atoms with E-state index in [2.05, 4.69) is 4.90 Å². The number of hydrogen-bond donors (Lipinski definition) is 0. The van der Waals surface area contributed by atoms with Crippen LogP contribution in [0.3, 0.4) is 0 Å². The molecule has 4 rings (SSSR count). The van der Waals surface area contributed by atoms with Crippen molar-refractivity contribution in [2.24, 2.45) is 0 Å². The Hall–Kier alpha value is -2.52. The van der Waals surface area contributed by atoms with Crippen LogP contribution in [0.1, 0.15) is 19.8 Å². The maximum Gasteiger partial charge on any atom is 0.185 e. The zero-order chi connectivity index (χ0) is 22.0. The van der Waals surface area contributed by atoms with Crippen molar-refractivity contribution in [3.8, 4) is 17.0 Å². The average molecular weight is 465 g/mol. The monoisotopic (exact) mass is 464 g/mol. The smallest absolute Gasteiger partial charge is 0.185 e. The van der Waals surface area contributed by atoms with Gasteiger partial charge in [-0.2, -0.15) is 0 Å². The van der Waals surface area contributed by atoms with E-state index in [4.69, 9.17) is 9.72 Å². The fourth-order valence-corrected chi connectivity index (χ4v) is 6.34. The third kappa shape index (κ3) is 4.57.